The van der Waals surface area contributed by atoms with E-state index in [1.54, 1.807) is 0 Å². The molecule has 4 N–H and O–H groups in total. The van der Waals surface area contributed by atoms with Crippen LogP contribution in [0.5, 0.6) is 23.0 Å². The van der Waals surface area contributed by atoms with Crippen LogP contribution >= 0.6 is 0 Å². The summed E-state index contributed by atoms with van der Waals surface area (Å²) in [7, 11) is 0. The smallest absolute Gasteiger partial charge is 0.346 e. The zero-order valence-corrected chi connectivity index (χ0v) is 10.8. The van der Waals surface area contributed by atoms with Crippen molar-refractivity contribution in [1.82, 2.24) is 0 Å². The molecular weight excluding hydrogens is 272 g/mol. The molecule has 110 valence electrons. The molecule has 0 heterocycles. The van der Waals surface area contributed by atoms with Gasteiger partial charge in [0, 0.05) is 0 Å². The molecule has 8 heteroatoms. The molecule has 0 aliphatic rings. The maximum absolute atomic E-state index is 11.5. The zero-order valence-electron chi connectivity index (χ0n) is 10.8. The summed E-state index contributed by atoms with van der Waals surface area (Å²) >= 11 is 0. The first-order valence-electron chi connectivity index (χ1n) is 5.70. The first kappa shape index (κ1) is 15.4. The van der Waals surface area contributed by atoms with Gasteiger partial charge in [-0.1, -0.05) is 0 Å². The third-order valence-electron chi connectivity index (χ3n) is 2.35. The largest absolute Gasteiger partial charge is 0.504 e. The van der Waals surface area contributed by atoms with E-state index in [2.05, 4.69) is 9.47 Å². The van der Waals surface area contributed by atoms with Crippen LogP contribution in [-0.2, 0) is 9.47 Å². The second-order valence-corrected chi connectivity index (χ2v) is 3.59. The van der Waals surface area contributed by atoms with Crippen molar-refractivity contribution in [2.24, 2.45) is 0 Å². The Morgan fingerprint density at radius 1 is 0.750 bits per heavy atom. The number of benzene rings is 1. The van der Waals surface area contributed by atoms with Crippen LogP contribution in [0.3, 0.4) is 0 Å². The average molecular weight is 286 g/mol. The van der Waals surface area contributed by atoms with Crippen molar-refractivity contribution in [1.29, 1.82) is 0 Å². The van der Waals surface area contributed by atoms with E-state index >= 15 is 0 Å². The van der Waals surface area contributed by atoms with E-state index in [0.717, 1.165) is 0 Å². The topological polar surface area (TPSA) is 134 Å². The third-order valence-corrected chi connectivity index (χ3v) is 2.35. The number of carbonyl (C=O) groups excluding carboxylic acids is 2. The predicted molar refractivity (Wildman–Crippen MR) is 65.0 cm³/mol. The van der Waals surface area contributed by atoms with E-state index in [1.165, 1.54) is 13.8 Å². The van der Waals surface area contributed by atoms with Crippen LogP contribution in [0.25, 0.3) is 0 Å². The first-order chi connectivity index (χ1) is 9.36. The number of rotatable bonds is 4. The second-order valence-electron chi connectivity index (χ2n) is 3.59. The molecule has 1 rings (SSSR count). The highest BCUT2D eigenvalue weighted by Gasteiger charge is 2.32. The summed E-state index contributed by atoms with van der Waals surface area (Å²) in [6.07, 6.45) is 0. The van der Waals surface area contributed by atoms with E-state index in [9.17, 15) is 30.0 Å². The fraction of sp³-hybridized carbons (Fsp3) is 0.333. The molecule has 20 heavy (non-hydrogen) atoms. The van der Waals surface area contributed by atoms with E-state index < -0.39 is 46.1 Å². The highest BCUT2D eigenvalue weighted by atomic mass is 16.5. The maximum Gasteiger partial charge on any atom is 0.346 e. The average Bonchev–Trinajstić information content (AvgIpc) is 2.37. The van der Waals surface area contributed by atoms with Gasteiger partial charge in [-0.3, -0.25) is 0 Å². The maximum atomic E-state index is 11.5. The highest BCUT2D eigenvalue weighted by Crippen LogP contribution is 2.46. The third kappa shape index (κ3) is 2.53. The summed E-state index contributed by atoms with van der Waals surface area (Å²) in [4.78, 5) is 23.0. The number of hydrogen-bond donors (Lipinski definition) is 4. The summed E-state index contributed by atoms with van der Waals surface area (Å²) in [5, 5.41) is 38.7. The lowest BCUT2D eigenvalue weighted by atomic mass is 10.1. The van der Waals surface area contributed by atoms with Crippen molar-refractivity contribution in [3.05, 3.63) is 11.1 Å². The summed E-state index contributed by atoms with van der Waals surface area (Å²) in [6, 6.07) is 0. The van der Waals surface area contributed by atoms with Crippen LogP contribution in [0.2, 0.25) is 0 Å². The lowest BCUT2D eigenvalue weighted by Gasteiger charge is -2.13. The highest BCUT2D eigenvalue weighted by molar-refractivity contribution is 6.04. The molecule has 1 aromatic carbocycles. The van der Waals surface area contributed by atoms with E-state index in [4.69, 9.17) is 0 Å². The number of carbonyl (C=O) groups is 2. The molecule has 0 aliphatic heterocycles. The summed E-state index contributed by atoms with van der Waals surface area (Å²) in [5.74, 6) is -6.65. The standard InChI is InChI=1S/C12H14O8/c1-3-19-11(17)5-7(13)9(15)6(10(16)8(5)14)12(18)20-4-2/h13-16H,3-4H2,1-2H3. The van der Waals surface area contributed by atoms with Crippen molar-refractivity contribution in [3.8, 4) is 23.0 Å². The molecule has 8 nitrogen and oxygen atoms in total. The van der Waals surface area contributed by atoms with Gasteiger partial charge in [0.15, 0.2) is 34.1 Å². The Morgan fingerprint density at radius 2 is 1.00 bits per heavy atom. The lowest BCUT2D eigenvalue weighted by molar-refractivity contribution is 0.0497. The molecule has 0 atom stereocenters. The molecule has 1 aromatic rings. The van der Waals surface area contributed by atoms with Crippen molar-refractivity contribution in [2.45, 2.75) is 13.8 Å². The molecule has 0 saturated heterocycles. The van der Waals surface area contributed by atoms with Gasteiger partial charge in [-0.25, -0.2) is 9.59 Å². The second kappa shape index (κ2) is 6.00. The number of ether oxygens (including phenoxy) is 2. The van der Waals surface area contributed by atoms with Gasteiger partial charge < -0.3 is 29.9 Å². The number of phenols is 4. The number of aromatic hydroxyl groups is 4. The van der Waals surface area contributed by atoms with Gasteiger partial charge >= 0.3 is 11.9 Å². The van der Waals surface area contributed by atoms with Gasteiger partial charge in [-0.15, -0.1) is 0 Å². The molecule has 0 amide bonds. The monoisotopic (exact) mass is 286 g/mol. The molecule has 0 bridgehead atoms. The van der Waals surface area contributed by atoms with Crippen LogP contribution in [0.4, 0.5) is 0 Å². The van der Waals surface area contributed by atoms with Crippen molar-refractivity contribution in [3.63, 3.8) is 0 Å². The van der Waals surface area contributed by atoms with Crippen LogP contribution in [0.1, 0.15) is 34.6 Å². The van der Waals surface area contributed by atoms with Gasteiger partial charge in [0.2, 0.25) is 0 Å². The van der Waals surface area contributed by atoms with Gasteiger partial charge in [0.05, 0.1) is 13.2 Å². The molecule has 0 unspecified atom stereocenters. The molecular formula is C12H14O8. The zero-order chi connectivity index (χ0) is 15.4. The molecule has 0 radical (unpaired) electrons. The quantitative estimate of drug-likeness (QED) is 0.364. The Labute approximate surface area is 113 Å². The molecule has 0 aromatic heterocycles. The predicted octanol–water partition coefficient (Wildman–Crippen LogP) is 0.862. The van der Waals surface area contributed by atoms with Gasteiger partial charge in [0.1, 0.15) is 0 Å². The summed E-state index contributed by atoms with van der Waals surface area (Å²) in [5.41, 5.74) is -1.68. The molecule has 0 aliphatic carbocycles. The van der Waals surface area contributed by atoms with Gasteiger partial charge in [0.25, 0.3) is 0 Å². The van der Waals surface area contributed by atoms with Crippen LogP contribution in [0.15, 0.2) is 0 Å². The van der Waals surface area contributed by atoms with E-state index in [1.807, 2.05) is 0 Å². The SMILES string of the molecule is CCOC(=O)c1c(O)c(O)c(C(=O)OCC)c(O)c1O. The molecule has 0 spiro atoms. The van der Waals surface area contributed by atoms with Crippen molar-refractivity contribution < 1.29 is 39.5 Å². The van der Waals surface area contributed by atoms with Crippen molar-refractivity contribution >= 4 is 11.9 Å². The molecule has 0 saturated carbocycles. The van der Waals surface area contributed by atoms with Crippen molar-refractivity contribution in [2.75, 3.05) is 13.2 Å². The number of hydrogen-bond acceptors (Lipinski definition) is 8. The Balaban J connectivity index is 3.49. The minimum Gasteiger partial charge on any atom is -0.504 e. The first-order valence-corrected chi connectivity index (χ1v) is 5.70. The number of esters is 2. The molecule has 0 fully saturated rings. The number of phenolic OH excluding ortho intramolecular Hbond substituents is 4. The van der Waals surface area contributed by atoms with E-state index in [0.29, 0.717) is 0 Å². The normalized spacial score (nSPS) is 10.1. The van der Waals surface area contributed by atoms with Crippen LogP contribution in [-0.4, -0.2) is 45.6 Å². The van der Waals surface area contributed by atoms with Gasteiger partial charge in [-0.05, 0) is 13.8 Å². The fourth-order valence-corrected chi connectivity index (χ4v) is 1.49. The Morgan fingerprint density at radius 3 is 1.20 bits per heavy atom. The lowest BCUT2D eigenvalue weighted by Crippen LogP contribution is -2.10. The van der Waals surface area contributed by atoms with Gasteiger partial charge in [-0.2, -0.15) is 0 Å². The Kier molecular flexibility index (Phi) is 4.63. The minimum atomic E-state index is -1.16. The van der Waals surface area contributed by atoms with E-state index in [-0.39, 0.29) is 13.2 Å². The van der Waals surface area contributed by atoms with Crippen LogP contribution in [0, 0.1) is 0 Å². The van der Waals surface area contributed by atoms with Crippen LogP contribution < -0.4 is 0 Å². The summed E-state index contributed by atoms with van der Waals surface area (Å²) in [6.45, 7) is 2.86. The fourth-order valence-electron chi connectivity index (χ4n) is 1.49. The minimum absolute atomic E-state index is 0.0567. The Bertz CT molecular complexity index is 471. The summed E-state index contributed by atoms with van der Waals surface area (Å²) < 4.78 is 9.10. The Hall–Kier alpha value is -2.64.